The minimum absolute atomic E-state index is 0.160. The molecule has 16 heavy (non-hydrogen) atoms. The summed E-state index contributed by atoms with van der Waals surface area (Å²) in [6.07, 6.45) is 0.833. The van der Waals surface area contributed by atoms with Crippen molar-refractivity contribution < 1.29 is 23.1 Å². The molecule has 0 aliphatic rings. The van der Waals surface area contributed by atoms with Gasteiger partial charge in [-0.3, -0.25) is 0 Å². The van der Waals surface area contributed by atoms with E-state index < -0.39 is 8.80 Å². The van der Waals surface area contributed by atoms with E-state index in [0.717, 1.165) is 12.5 Å². The average Bonchev–Trinajstić information content (AvgIpc) is 2.34. The molecule has 0 heterocycles. The van der Waals surface area contributed by atoms with Crippen molar-refractivity contribution in [3.63, 3.8) is 0 Å². The molecule has 0 aromatic heterocycles. The molecule has 0 aromatic rings. The lowest BCUT2D eigenvalue weighted by Crippen LogP contribution is -2.42. The Bertz CT molecular complexity index is 155. The molecule has 0 aliphatic heterocycles. The smallest absolute Gasteiger partial charge is 0.396 e. The zero-order chi connectivity index (χ0) is 12.4. The van der Waals surface area contributed by atoms with E-state index in [4.69, 9.17) is 23.1 Å². The second-order valence-corrected chi connectivity index (χ2v) is 6.85. The molecule has 98 valence electrons. The van der Waals surface area contributed by atoms with Crippen LogP contribution < -0.4 is 0 Å². The third kappa shape index (κ3) is 5.93. The molecule has 5 nitrogen and oxygen atoms in total. The van der Waals surface area contributed by atoms with Crippen LogP contribution in [0, 0.1) is 5.92 Å². The van der Waals surface area contributed by atoms with Gasteiger partial charge in [0, 0.05) is 46.5 Å². The zero-order valence-corrected chi connectivity index (χ0v) is 11.7. The summed E-state index contributed by atoms with van der Waals surface area (Å²) in [5.41, 5.74) is 0. The second-order valence-electron chi connectivity index (χ2n) is 3.76. The highest BCUT2D eigenvalue weighted by Crippen LogP contribution is 2.14. The summed E-state index contributed by atoms with van der Waals surface area (Å²) < 4.78 is 21.3. The predicted octanol–water partition coefficient (Wildman–Crippen LogP) is 0.900. The van der Waals surface area contributed by atoms with Gasteiger partial charge in [0.05, 0.1) is 6.61 Å². The zero-order valence-electron chi connectivity index (χ0n) is 10.7. The molecule has 0 bridgehead atoms. The summed E-state index contributed by atoms with van der Waals surface area (Å²) in [4.78, 5) is 0. The van der Waals surface area contributed by atoms with Crippen LogP contribution in [0.3, 0.4) is 0 Å². The van der Waals surface area contributed by atoms with Gasteiger partial charge in [-0.05, 0) is 6.42 Å². The molecule has 0 spiro atoms. The number of rotatable bonds is 10. The minimum atomic E-state index is -2.43. The monoisotopic (exact) mass is 252 g/mol. The van der Waals surface area contributed by atoms with Crippen LogP contribution in [0.25, 0.3) is 0 Å². The third-order valence-electron chi connectivity index (χ3n) is 2.42. The molecule has 0 amide bonds. The topological polar surface area (TPSA) is 57.2 Å². The van der Waals surface area contributed by atoms with Crippen LogP contribution >= 0.6 is 0 Å². The van der Waals surface area contributed by atoms with E-state index in [1.165, 1.54) is 0 Å². The maximum absolute atomic E-state index is 8.80. The van der Waals surface area contributed by atoms with Crippen molar-refractivity contribution in [2.24, 2.45) is 5.92 Å². The van der Waals surface area contributed by atoms with Crippen LogP contribution in [-0.2, 0) is 18.0 Å². The molecule has 0 rings (SSSR count). The summed E-state index contributed by atoms with van der Waals surface area (Å²) in [7, 11) is 2.38. The number of aliphatic hydroxyl groups excluding tert-OH is 1. The highest BCUT2D eigenvalue weighted by Gasteiger charge is 2.36. The fraction of sp³-hybridized carbons (Fsp3) is 1.00. The second kappa shape index (κ2) is 9.09. The minimum Gasteiger partial charge on any atom is -0.396 e. The molecular weight excluding hydrogens is 228 g/mol. The van der Waals surface area contributed by atoms with E-state index in [2.05, 4.69) is 0 Å². The fourth-order valence-corrected chi connectivity index (χ4v) is 2.97. The van der Waals surface area contributed by atoms with Gasteiger partial charge >= 0.3 is 8.80 Å². The summed E-state index contributed by atoms with van der Waals surface area (Å²) in [5, 5.41) is 8.80. The quantitative estimate of drug-likeness (QED) is 0.462. The highest BCUT2D eigenvalue weighted by molar-refractivity contribution is 6.60. The molecule has 1 atom stereocenters. The molecule has 1 N–H and O–H groups in total. The fourth-order valence-electron chi connectivity index (χ4n) is 1.28. The molecule has 0 saturated heterocycles. The number of hydrogen-bond acceptors (Lipinski definition) is 5. The van der Waals surface area contributed by atoms with Gasteiger partial charge in [-0.2, -0.15) is 0 Å². The Balaban J connectivity index is 3.63. The summed E-state index contributed by atoms with van der Waals surface area (Å²) in [6.45, 7) is 3.32. The normalized spacial score (nSPS) is 14.1. The lowest BCUT2D eigenvalue weighted by Gasteiger charge is -2.24. The first-order valence-electron chi connectivity index (χ1n) is 5.48. The molecule has 0 fully saturated rings. The first-order chi connectivity index (χ1) is 7.64. The largest absolute Gasteiger partial charge is 0.500 e. The molecule has 6 heteroatoms. The van der Waals surface area contributed by atoms with Gasteiger partial charge in [0.2, 0.25) is 0 Å². The van der Waals surface area contributed by atoms with Crippen LogP contribution in [0.15, 0.2) is 0 Å². The van der Waals surface area contributed by atoms with Crippen LogP contribution in [0.4, 0.5) is 0 Å². The Morgan fingerprint density at radius 1 is 1.12 bits per heavy atom. The van der Waals surface area contributed by atoms with Gasteiger partial charge in [0.15, 0.2) is 0 Å². The summed E-state index contributed by atoms with van der Waals surface area (Å²) in [6, 6.07) is 0.740. The van der Waals surface area contributed by atoms with E-state index >= 15 is 0 Å². The van der Waals surface area contributed by atoms with Crippen molar-refractivity contribution in [2.45, 2.75) is 19.4 Å². The summed E-state index contributed by atoms with van der Waals surface area (Å²) >= 11 is 0. The van der Waals surface area contributed by atoms with Crippen molar-refractivity contribution in [3.05, 3.63) is 0 Å². The van der Waals surface area contributed by atoms with E-state index in [9.17, 15) is 0 Å². The SMILES string of the molecule is CO[Si](CCCOCC(C)CO)(OC)OC. The van der Waals surface area contributed by atoms with Crippen molar-refractivity contribution >= 4 is 8.80 Å². The molecule has 0 aromatic carbocycles. The Labute approximate surface area is 99.0 Å². The van der Waals surface area contributed by atoms with Gasteiger partial charge in [0.1, 0.15) is 0 Å². The molecule has 0 aliphatic carbocycles. The Kier molecular flexibility index (Phi) is 9.10. The van der Waals surface area contributed by atoms with E-state index in [-0.39, 0.29) is 12.5 Å². The van der Waals surface area contributed by atoms with Gasteiger partial charge < -0.3 is 23.1 Å². The average molecular weight is 252 g/mol. The van der Waals surface area contributed by atoms with Gasteiger partial charge in [-0.1, -0.05) is 6.92 Å². The van der Waals surface area contributed by atoms with Crippen LogP contribution in [0.5, 0.6) is 0 Å². The first-order valence-corrected chi connectivity index (χ1v) is 7.41. The number of aliphatic hydroxyl groups is 1. The Hall–Kier alpha value is 0.0169. The molecule has 0 radical (unpaired) electrons. The molecular formula is C10H24O5Si. The van der Waals surface area contributed by atoms with Gasteiger partial charge in [-0.25, -0.2) is 0 Å². The van der Waals surface area contributed by atoms with Crippen LogP contribution in [0.2, 0.25) is 6.04 Å². The number of hydrogen-bond donors (Lipinski definition) is 1. The lowest BCUT2D eigenvalue weighted by atomic mass is 10.2. The Morgan fingerprint density at radius 3 is 2.12 bits per heavy atom. The van der Waals surface area contributed by atoms with E-state index in [1.54, 1.807) is 21.3 Å². The predicted molar refractivity (Wildman–Crippen MR) is 63.3 cm³/mol. The van der Waals surface area contributed by atoms with Crippen molar-refractivity contribution in [3.8, 4) is 0 Å². The van der Waals surface area contributed by atoms with E-state index in [0.29, 0.717) is 13.2 Å². The highest BCUT2D eigenvalue weighted by atomic mass is 28.4. The maximum atomic E-state index is 8.80. The van der Waals surface area contributed by atoms with Crippen LogP contribution in [-0.4, -0.2) is 55.1 Å². The standard InChI is InChI=1S/C10H24O5Si/c1-10(8-11)9-15-6-5-7-16(12-2,13-3)14-4/h10-11H,5-9H2,1-4H3. The summed E-state index contributed by atoms with van der Waals surface area (Å²) in [5.74, 6) is 0.189. The molecule has 1 unspecified atom stereocenters. The van der Waals surface area contributed by atoms with Gasteiger partial charge in [-0.15, -0.1) is 0 Å². The molecule has 0 saturated carbocycles. The van der Waals surface area contributed by atoms with E-state index in [1.807, 2.05) is 6.92 Å². The van der Waals surface area contributed by atoms with Crippen LogP contribution in [0.1, 0.15) is 13.3 Å². The maximum Gasteiger partial charge on any atom is 0.500 e. The van der Waals surface area contributed by atoms with Crippen molar-refractivity contribution in [1.29, 1.82) is 0 Å². The van der Waals surface area contributed by atoms with Crippen molar-refractivity contribution in [2.75, 3.05) is 41.2 Å². The third-order valence-corrected chi connectivity index (χ3v) is 5.25. The number of ether oxygens (including phenoxy) is 1. The van der Waals surface area contributed by atoms with Crippen molar-refractivity contribution in [1.82, 2.24) is 0 Å². The first kappa shape index (κ1) is 16.0. The lowest BCUT2D eigenvalue weighted by molar-refractivity contribution is 0.0744. The van der Waals surface area contributed by atoms with Gasteiger partial charge in [0.25, 0.3) is 0 Å². The Morgan fingerprint density at radius 2 is 1.69 bits per heavy atom.